The van der Waals surface area contributed by atoms with Crippen LogP contribution >= 0.6 is 0 Å². The molecule has 6 heteroatoms. The van der Waals surface area contributed by atoms with Crippen LogP contribution in [0.15, 0.2) is 18.2 Å². The maximum absolute atomic E-state index is 13.3. The van der Waals surface area contributed by atoms with Crippen LogP contribution < -0.4 is 5.73 Å². The number of hydrogen-bond acceptors (Lipinski definition) is 2. The van der Waals surface area contributed by atoms with Crippen molar-refractivity contribution in [3.8, 4) is 0 Å². The van der Waals surface area contributed by atoms with Gasteiger partial charge in [-0.3, -0.25) is 0 Å². The molecular weight excluding hydrogens is 226 g/mol. The summed E-state index contributed by atoms with van der Waals surface area (Å²) in [5.74, 6) is -1.07. The molecule has 0 spiro atoms. The molecule has 90 valence electrons. The van der Waals surface area contributed by atoms with Crippen LogP contribution in [0.25, 0.3) is 0 Å². The average molecular weight is 237 g/mol. The van der Waals surface area contributed by atoms with Gasteiger partial charge in [0, 0.05) is 5.56 Å². The van der Waals surface area contributed by atoms with E-state index in [4.69, 9.17) is 10.8 Å². The Hall–Kier alpha value is -1.14. The maximum atomic E-state index is 13.3. The molecule has 0 fully saturated rings. The third-order valence-electron chi connectivity index (χ3n) is 2.21. The zero-order chi connectivity index (χ0) is 12.5. The molecule has 1 aromatic carbocycles. The summed E-state index contributed by atoms with van der Waals surface area (Å²) >= 11 is 0. The minimum atomic E-state index is -4.59. The first-order valence-corrected chi connectivity index (χ1v) is 4.53. The van der Waals surface area contributed by atoms with Crippen molar-refractivity contribution in [2.75, 3.05) is 0 Å². The SMILES string of the molecule is C[C@H](O)[C@H](N)c1ccc(C(F)(F)F)cc1F. The molecule has 16 heavy (non-hydrogen) atoms. The van der Waals surface area contributed by atoms with E-state index in [0.29, 0.717) is 6.07 Å². The first kappa shape index (κ1) is 12.9. The summed E-state index contributed by atoms with van der Waals surface area (Å²) in [4.78, 5) is 0. The van der Waals surface area contributed by atoms with Gasteiger partial charge in [-0.05, 0) is 19.1 Å². The van der Waals surface area contributed by atoms with E-state index >= 15 is 0 Å². The van der Waals surface area contributed by atoms with Gasteiger partial charge in [0.2, 0.25) is 0 Å². The maximum Gasteiger partial charge on any atom is 0.416 e. The van der Waals surface area contributed by atoms with Crippen LogP contribution in [0.4, 0.5) is 17.6 Å². The molecule has 1 aromatic rings. The third kappa shape index (κ3) is 2.70. The lowest BCUT2D eigenvalue weighted by atomic mass is 10.0. The number of aliphatic hydroxyl groups is 1. The molecule has 0 radical (unpaired) electrons. The fourth-order valence-electron chi connectivity index (χ4n) is 1.23. The second-order valence-corrected chi connectivity index (χ2v) is 3.50. The summed E-state index contributed by atoms with van der Waals surface area (Å²) in [5.41, 5.74) is 4.21. The van der Waals surface area contributed by atoms with Crippen molar-refractivity contribution in [1.82, 2.24) is 0 Å². The highest BCUT2D eigenvalue weighted by Crippen LogP contribution is 2.31. The van der Waals surface area contributed by atoms with Gasteiger partial charge in [0.1, 0.15) is 5.82 Å². The second kappa shape index (κ2) is 4.39. The fourth-order valence-corrected chi connectivity index (χ4v) is 1.23. The van der Waals surface area contributed by atoms with Gasteiger partial charge in [-0.25, -0.2) is 4.39 Å². The number of aliphatic hydroxyl groups excluding tert-OH is 1. The van der Waals surface area contributed by atoms with Crippen LogP contribution in [0.1, 0.15) is 24.1 Å². The molecule has 0 bridgehead atoms. The molecular formula is C10H11F4NO. The topological polar surface area (TPSA) is 46.2 Å². The van der Waals surface area contributed by atoms with E-state index in [9.17, 15) is 17.6 Å². The molecule has 0 saturated heterocycles. The summed E-state index contributed by atoms with van der Waals surface area (Å²) in [6.45, 7) is 1.34. The van der Waals surface area contributed by atoms with Gasteiger partial charge in [-0.1, -0.05) is 6.07 Å². The molecule has 3 N–H and O–H groups in total. The normalized spacial score (nSPS) is 15.9. The van der Waals surface area contributed by atoms with Crippen LogP contribution in [0.5, 0.6) is 0 Å². The lowest BCUT2D eigenvalue weighted by molar-refractivity contribution is -0.137. The van der Waals surface area contributed by atoms with Gasteiger partial charge in [-0.15, -0.1) is 0 Å². The molecule has 0 amide bonds. The molecule has 0 aromatic heterocycles. The quantitative estimate of drug-likeness (QED) is 0.775. The lowest BCUT2D eigenvalue weighted by Crippen LogP contribution is -2.24. The fraction of sp³-hybridized carbons (Fsp3) is 0.400. The van der Waals surface area contributed by atoms with Crippen molar-refractivity contribution in [3.05, 3.63) is 35.1 Å². The Bertz CT molecular complexity index is 376. The summed E-state index contributed by atoms with van der Waals surface area (Å²) in [6.07, 6.45) is -5.62. The Labute approximate surface area is 89.7 Å². The Morgan fingerprint density at radius 3 is 2.25 bits per heavy atom. The largest absolute Gasteiger partial charge is 0.416 e. The Morgan fingerprint density at radius 2 is 1.88 bits per heavy atom. The standard InChI is InChI=1S/C10H11F4NO/c1-5(16)9(15)7-3-2-6(4-8(7)11)10(12,13)14/h2-5,9,16H,15H2,1H3/t5-,9-/m0/s1. The van der Waals surface area contributed by atoms with Gasteiger partial charge in [0.05, 0.1) is 17.7 Å². The molecule has 0 aliphatic carbocycles. The van der Waals surface area contributed by atoms with Crippen LogP contribution in [0.2, 0.25) is 0 Å². The molecule has 0 aliphatic heterocycles. The van der Waals surface area contributed by atoms with Gasteiger partial charge < -0.3 is 10.8 Å². The predicted octanol–water partition coefficient (Wildman–Crippen LogP) is 2.23. The predicted molar refractivity (Wildman–Crippen MR) is 50.0 cm³/mol. The number of hydrogen-bond donors (Lipinski definition) is 2. The first-order valence-electron chi connectivity index (χ1n) is 4.53. The van der Waals surface area contributed by atoms with Crippen molar-refractivity contribution in [3.63, 3.8) is 0 Å². The number of nitrogens with two attached hydrogens (primary N) is 1. The Kier molecular flexibility index (Phi) is 3.54. The van der Waals surface area contributed by atoms with Gasteiger partial charge in [-0.2, -0.15) is 13.2 Å². The lowest BCUT2D eigenvalue weighted by Gasteiger charge is -2.17. The highest BCUT2D eigenvalue weighted by atomic mass is 19.4. The van der Waals surface area contributed by atoms with Crippen LogP contribution in [0, 0.1) is 5.82 Å². The minimum Gasteiger partial charge on any atom is -0.391 e. The summed E-state index contributed by atoms with van der Waals surface area (Å²) in [7, 11) is 0. The molecule has 2 atom stereocenters. The zero-order valence-electron chi connectivity index (χ0n) is 8.42. The van der Waals surface area contributed by atoms with Crippen LogP contribution in [-0.4, -0.2) is 11.2 Å². The summed E-state index contributed by atoms with van der Waals surface area (Å²) in [5, 5.41) is 9.11. The molecule has 1 rings (SSSR count). The van der Waals surface area contributed by atoms with E-state index in [0.717, 1.165) is 12.1 Å². The van der Waals surface area contributed by atoms with E-state index in [2.05, 4.69) is 0 Å². The summed E-state index contributed by atoms with van der Waals surface area (Å²) < 4.78 is 49.9. The highest BCUT2D eigenvalue weighted by Gasteiger charge is 2.31. The highest BCUT2D eigenvalue weighted by molar-refractivity contribution is 5.28. The van der Waals surface area contributed by atoms with E-state index in [1.54, 1.807) is 0 Å². The number of alkyl halides is 3. The van der Waals surface area contributed by atoms with Crippen LogP contribution in [0.3, 0.4) is 0 Å². The van der Waals surface area contributed by atoms with E-state index in [1.807, 2.05) is 0 Å². The molecule has 0 saturated carbocycles. The number of halogens is 4. The average Bonchev–Trinajstić information content (AvgIpc) is 2.15. The second-order valence-electron chi connectivity index (χ2n) is 3.50. The smallest absolute Gasteiger partial charge is 0.391 e. The van der Waals surface area contributed by atoms with E-state index < -0.39 is 29.7 Å². The van der Waals surface area contributed by atoms with Crippen molar-refractivity contribution in [1.29, 1.82) is 0 Å². The van der Waals surface area contributed by atoms with Crippen LogP contribution in [-0.2, 0) is 6.18 Å². The first-order chi connectivity index (χ1) is 7.23. The van der Waals surface area contributed by atoms with Crippen molar-refractivity contribution in [2.24, 2.45) is 5.73 Å². The third-order valence-corrected chi connectivity index (χ3v) is 2.21. The van der Waals surface area contributed by atoms with Crippen molar-refractivity contribution in [2.45, 2.75) is 25.2 Å². The monoisotopic (exact) mass is 237 g/mol. The van der Waals surface area contributed by atoms with E-state index in [-0.39, 0.29) is 5.56 Å². The van der Waals surface area contributed by atoms with Crippen molar-refractivity contribution >= 4 is 0 Å². The minimum absolute atomic E-state index is 0.136. The zero-order valence-corrected chi connectivity index (χ0v) is 8.42. The molecule has 0 unspecified atom stereocenters. The molecule has 0 aliphatic rings. The molecule has 0 heterocycles. The van der Waals surface area contributed by atoms with Crippen molar-refractivity contribution < 1.29 is 22.7 Å². The summed E-state index contributed by atoms with van der Waals surface area (Å²) in [6, 6.07) is 1.01. The van der Waals surface area contributed by atoms with E-state index in [1.165, 1.54) is 6.92 Å². The number of rotatable bonds is 2. The Balaban J connectivity index is 3.10. The van der Waals surface area contributed by atoms with Gasteiger partial charge in [0.25, 0.3) is 0 Å². The van der Waals surface area contributed by atoms with Gasteiger partial charge in [0.15, 0.2) is 0 Å². The number of benzene rings is 1. The molecule has 2 nitrogen and oxygen atoms in total. The van der Waals surface area contributed by atoms with Gasteiger partial charge >= 0.3 is 6.18 Å². The Morgan fingerprint density at radius 1 is 1.31 bits per heavy atom.